The van der Waals surface area contributed by atoms with E-state index in [4.69, 9.17) is 9.15 Å². The summed E-state index contributed by atoms with van der Waals surface area (Å²) < 4.78 is 12.6. The highest BCUT2D eigenvalue weighted by atomic mass is 79.9. The van der Waals surface area contributed by atoms with E-state index in [9.17, 15) is 4.79 Å². The predicted molar refractivity (Wildman–Crippen MR) is 119 cm³/mol. The number of benzene rings is 1. The molecule has 28 heavy (non-hydrogen) atoms. The molecule has 3 nitrogen and oxygen atoms in total. The van der Waals surface area contributed by atoms with E-state index in [1.807, 2.05) is 49.4 Å². The van der Waals surface area contributed by atoms with Gasteiger partial charge in [-0.05, 0) is 62.3 Å². The number of rotatable bonds is 7. The molecule has 0 spiro atoms. The van der Waals surface area contributed by atoms with Crippen molar-refractivity contribution in [3.05, 3.63) is 75.1 Å². The first-order valence-corrected chi connectivity index (χ1v) is 10.8. The molecule has 1 aliphatic carbocycles. The van der Waals surface area contributed by atoms with Crippen LogP contribution >= 0.6 is 31.9 Å². The minimum Gasteiger partial charge on any atom is -0.461 e. The summed E-state index contributed by atoms with van der Waals surface area (Å²) in [7, 11) is 0. The third-order valence-corrected chi connectivity index (χ3v) is 5.69. The lowest BCUT2D eigenvalue weighted by atomic mass is 9.96. The highest BCUT2D eigenvalue weighted by Crippen LogP contribution is 2.65. The number of carbonyl (C=O) groups is 1. The van der Waals surface area contributed by atoms with Gasteiger partial charge in [-0.3, -0.25) is 4.79 Å². The fourth-order valence-corrected chi connectivity index (χ4v) is 4.30. The molecule has 1 unspecified atom stereocenters. The number of allylic oxidation sites excluding steroid dienone is 1. The molecule has 2 aromatic rings. The molecule has 1 aromatic heterocycles. The quantitative estimate of drug-likeness (QED) is 0.301. The summed E-state index contributed by atoms with van der Waals surface area (Å²) in [6.45, 7) is 10.0. The Bertz CT molecular complexity index is 921. The monoisotopic (exact) mass is 506 g/mol. The molecule has 0 saturated heterocycles. The van der Waals surface area contributed by atoms with Crippen LogP contribution in [0.3, 0.4) is 0 Å². The molecule has 5 heteroatoms. The summed E-state index contributed by atoms with van der Waals surface area (Å²) in [5.41, 5.74) is 1.29. The summed E-state index contributed by atoms with van der Waals surface area (Å²) in [4.78, 5) is 13.1. The normalized spacial score (nSPS) is 19.8. The zero-order valence-electron chi connectivity index (χ0n) is 16.4. The first-order chi connectivity index (χ1) is 13.1. The van der Waals surface area contributed by atoms with E-state index in [-0.39, 0.29) is 11.4 Å². The Balaban J connectivity index is 1.87. The van der Waals surface area contributed by atoms with Crippen LogP contribution in [0.2, 0.25) is 0 Å². The van der Waals surface area contributed by atoms with Gasteiger partial charge in [0.2, 0.25) is 0 Å². The first-order valence-electron chi connectivity index (χ1n) is 9.19. The number of esters is 1. The smallest absolute Gasteiger partial charge is 0.322 e. The Labute approximate surface area is 183 Å². The van der Waals surface area contributed by atoms with Gasteiger partial charge in [-0.25, -0.2) is 0 Å². The predicted octanol–water partition coefficient (Wildman–Crippen LogP) is 6.94. The molecule has 1 saturated carbocycles. The number of hydrogen-bond acceptors (Lipinski definition) is 3. The van der Waals surface area contributed by atoms with Crippen LogP contribution in [-0.2, 0) is 17.6 Å². The Hall–Kier alpha value is -1.59. The Morgan fingerprint density at radius 1 is 1.29 bits per heavy atom. The molecule has 0 N–H and O–H groups in total. The van der Waals surface area contributed by atoms with Gasteiger partial charge in [-0.15, -0.1) is 0 Å². The fourth-order valence-electron chi connectivity index (χ4n) is 3.52. The van der Waals surface area contributed by atoms with Gasteiger partial charge < -0.3 is 9.15 Å². The van der Waals surface area contributed by atoms with Crippen LogP contribution in [-0.4, -0.2) is 5.97 Å². The van der Waals surface area contributed by atoms with Gasteiger partial charge in [0.1, 0.15) is 5.76 Å². The van der Waals surface area contributed by atoms with E-state index in [1.54, 1.807) is 0 Å². The van der Waals surface area contributed by atoms with Crippen LogP contribution < -0.4 is 4.74 Å². The third-order valence-electron chi connectivity index (χ3n) is 5.23. The van der Waals surface area contributed by atoms with E-state index < -0.39 is 5.41 Å². The number of carbonyl (C=O) groups excluding carboxylic acids is 1. The van der Waals surface area contributed by atoms with Gasteiger partial charge in [0.05, 0.1) is 8.81 Å². The minimum atomic E-state index is -0.646. The lowest BCUT2D eigenvalue weighted by Crippen LogP contribution is -2.25. The largest absolute Gasteiger partial charge is 0.461 e. The lowest BCUT2D eigenvalue weighted by molar-refractivity contribution is -0.139. The topological polar surface area (TPSA) is 39.4 Å². The molecule has 0 bridgehead atoms. The summed E-state index contributed by atoms with van der Waals surface area (Å²) in [5.74, 6) is 1.64. The van der Waals surface area contributed by atoms with Crippen LogP contribution in [0.4, 0.5) is 0 Å². The van der Waals surface area contributed by atoms with Crippen molar-refractivity contribution in [2.75, 3.05) is 0 Å². The van der Waals surface area contributed by atoms with Crippen molar-refractivity contribution in [1.82, 2.24) is 0 Å². The van der Waals surface area contributed by atoms with Crippen molar-refractivity contribution in [1.29, 1.82) is 0 Å². The third kappa shape index (κ3) is 4.52. The molecule has 1 heterocycles. The molecule has 0 amide bonds. The van der Waals surface area contributed by atoms with Gasteiger partial charge in [0, 0.05) is 18.9 Å². The van der Waals surface area contributed by atoms with Gasteiger partial charge in [-0.2, -0.15) is 0 Å². The van der Waals surface area contributed by atoms with Crippen molar-refractivity contribution in [2.24, 2.45) is 10.8 Å². The Morgan fingerprint density at radius 3 is 2.46 bits per heavy atom. The number of hydrogen-bond donors (Lipinski definition) is 0. The zero-order valence-corrected chi connectivity index (χ0v) is 19.5. The maximum Gasteiger partial charge on any atom is 0.322 e. The van der Waals surface area contributed by atoms with E-state index >= 15 is 0 Å². The summed E-state index contributed by atoms with van der Waals surface area (Å²) in [6.07, 6.45) is 3.81. The van der Waals surface area contributed by atoms with Gasteiger partial charge in [0.15, 0.2) is 11.5 Å². The summed E-state index contributed by atoms with van der Waals surface area (Å²) in [5, 5.41) is 0. The number of ether oxygens (including phenoxy) is 1. The molecule has 0 aliphatic heterocycles. The standard InChI is InChI=1S/C23H24Br2O3/c1-15(2)10-18-19(12-17(27-18)11-16-8-6-5-7-9-16)28-21(26)23(13-20(24)25)14-22(23,3)4/h5-9,12-13H,1,10-11,14H2,2-4H3. The van der Waals surface area contributed by atoms with Crippen LogP contribution in [0.15, 0.2) is 62.4 Å². The summed E-state index contributed by atoms with van der Waals surface area (Å²) >= 11 is 6.77. The van der Waals surface area contributed by atoms with Crippen LogP contribution in [0.25, 0.3) is 0 Å². The SMILES string of the molecule is C=C(C)Cc1oc(Cc2ccccc2)cc1OC(=O)C1(C=C(Br)Br)CC1(C)C. The maximum atomic E-state index is 13.1. The molecule has 1 aromatic carbocycles. The second-order valence-corrected chi connectivity index (χ2v) is 10.9. The highest BCUT2D eigenvalue weighted by Gasteiger charge is 2.66. The van der Waals surface area contributed by atoms with Crippen molar-refractivity contribution < 1.29 is 13.9 Å². The lowest BCUT2D eigenvalue weighted by Gasteiger charge is -2.15. The fraction of sp³-hybridized carbons (Fsp3) is 0.348. The second kappa shape index (κ2) is 8.03. The zero-order chi connectivity index (χ0) is 20.5. The Morgan fingerprint density at radius 2 is 1.93 bits per heavy atom. The molecule has 148 valence electrons. The van der Waals surface area contributed by atoms with Crippen molar-refractivity contribution in [3.63, 3.8) is 0 Å². The van der Waals surface area contributed by atoms with E-state index in [0.717, 1.165) is 26.7 Å². The minimum absolute atomic E-state index is 0.151. The molecule has 3 rings (SSSR count). The van der Waals surface area contributed by atoms with E-state index in [1.165, 1.54) is 0 Å². The van der Waals surface area contributed by atoms with Crippen LogP contribution in [0, 0.1) is 10.8 Å². The first kappa shape index (κ1) is 21.1. The van der Waals surface area contributed by atoms with Gasteiger partial charge in [-0.1, -0.05) is 56.3 Å². The van der Waals surface area contributed by atoms with Gasteiger partial charge in [0.25, 0.3) is 0 Å². The van der Waals surface area contributed by atoms with Crippen molar-refractivity contribution >= 4 is 37.8 Å². The molecular formula is C23H24Br2O3. The number of halogens is 2. The Kier molecular flexibility index (Phi) is 6.06. The molecule has 1 atom stereocenters. The van der Waals surface area contributed by atoms with Crippen LogP contribution in [0.1, 0.15) is 44.3 Å². The molecule has 1 fully saturated rings. The average Bonchev–Trinajstić information content (AvgIpc) is 2.95. The number of furan rings is 1. The van der Waals surface area contributed by atoms with E-state index in [2.05, 4.69) is 52.3 Å². The van der Waals surface area contributed by atoms with Crippen LogP contribution in [0.5, 0.6) is 5.75 Å². The molecule has 0 radical (unpaired) electrons. The van der Waals surface area contributed by atoms with Gasteiger partial charge >= 0.3 is 5.97 Å². The molecule has 1 aliphatic rings. The molecular weight excluding hydrogens is 484 g/mol. The maximum absolute atomic E-state index is 13.1. The average molecular weight is 508 g/mol. The summed E-state index contributed by atoms with van der Waals surface area (Å²) in [6, 6.07) is 11.9. The van der Waals surface area contributed by atoms with E-state index in [0.29, 0.717) is 24.4 Å². The highest BCUT2D eigenvalue weighted by molar-refractivity contribution is 9.28. The van der Waals surface area contributed by atoms with Crippen molar-refractivity contribution in [3.8, 4) is 5.75 Å². The van der Waals surface area contributed by atoms with Crippen molar-refractivity contribution in [2.45, 2.75) is 40.0 Å². The second-order valence-electron chi connectivity index (χ2n) is 8.15.